The molecule has 10 rings (SSSR count). The molecule has 3 heteroatoms. The van der Waals surface area contributed by atoms with Gasteiger partial charge in [-0.05, 0) is 116 Å². The normalized spacial score (nSPS) is 11.3. The van der Waals surface area contributed by atoms with E-state index in [2.05, 4.69) is 175 Å². The quantitative estimate of drug-likeness (QED) is 0.167. The average Bonchev–Trinajstić information content (AvgIpc) is 3.70. The zero-order chi connectivity index (χ0) is 35.8. The number of nitrogens with zero attached hydrogens (tertiary/aromatic N) is 2. The summed E-state index contributed by atoms with van der Waals surface area (Å²) in [5, 5.41) is 4.69. The molecule has 54 heavy (non-hydrogen) atoms. The fourth-order valence-electron chi connectivity index (χ4n) is 7.44. The predicted molar refractivity (Wildman–Crippen MR) is 225 cm³/mol. The molecule has 0 aliphatic heterocycles. The van der Waals surface area contributed by atoms with Crippen molar-refractivity contribution in [2.24, 2.45) is 0 Å². The summed E-state index contributed by atoms with van der Waals surface area (Å²) in [6.45, 7) is 0. The molecule has 0 N–H and O–H groups in total. The molecule has 0 saturated carbocycles. The fraction of sp³-hybridized carbons (Fsp3) is 0. The molecule has 0 aliphatic carbocycles. The van der Waals surface area contributed by atoms with Gasteiger partial charge in [-0.3, -0.25) is 0 Å². The SMILES string of the molecule is c1ccc(-c2nc3ccc4ccc(-c5ccc(-c6ccc(N(c7ccccc7)c7ccc(-c8ccc9ccccc9c8)cc7)cc6)cc5)cc4c3o2)cc1. The van der Waals surface area contributed by atoms with Gasteiger partial charge in [-0.2, -0.15) is 0 Å². The van der Waals surface area contributed by atoms with Crippen LogP contribution in [0.4, 0.5) is 17.1 Å². The van der Waals surface area contributed by atoms with Gasteiger partial charge in [0.2, 0.25) is 5.89 Å². The van der Waals surface area contributed by atoms with Gasteiger partial charge in [0.05, 0.1) is 0 Å². The van der Waals surface area contributed by atoms with Crippen LogP contribution in [0, 0.1) is 0 Å². The van der Waals surface area contributed by atoms with Crippen molar-refractivity contribution in [2.75, 3.05) is 4.90 Å². The van der Waals surface area contributed by atoms with Gasteiger partial charge in [-0.25, -0.2) is 4.98 Å². The molecule has 254 valence electrons. The first-order valence-corrected chi connectivity index (χ1v) is 18.3. The molecule has 0 fully saturated rings. The van der Waals surface area contributed by atoms with Crippen LogP contribution in [0.1, 0.15) is 0 Å². The van der Waals surface area contributed by atoms with E-state index in [-0.39, 0.29) is 0 Å². The molecule has 9 aromatic carbocycles. The maximum atomic E-state index is 6.34. The Morgan fingerprint density at radius 1 is 0.333 bits per heavy atom. The molecule has 0 bridgehead atoms. The summed E-state index contributed by atoms with van der Waals surface area (Å²) < 4.78 is 6.34. The van der Waals surface area contributed by atoms with Crippen LogP contribution in [0.15, 0.2) is 211 Å². The number of para-hydroxylation sites is 1. The first-order valence-electron chi connectivity index (χ1n) is 18.3. The van der Waals surface area contributed by atoms with E-state index in [0.29, 0.717) is 5.89 Å². The number of fused-ring (bicyclic) bond motifs is 4. The van der Waals surface area contributed by atoms with E-state index in [1.165, 1.54) is 33.0 Å². The van der Waals surface area contributed by atoms with E-state index in [4.69, 9.17) is 9.40 Å². The number of hydrogen-bond donors (Lipinski definition) is 0. The third kappa shape index (κ3) is 5.88. The monoisotopic (exact) mass is 690 g/mol. The highest BCUT2D eigenvalue weighted by atomic mass is 16.3. The van der Waals surface area contributed by atoms with E-state index in [1.54, 1.807) is 0 Å². The van der Waals surface area contributed by atoms with Gasteiger partial charge in [-0.15, -0.1) is 0 Å². The first kappa shape index (κ1) is 31.5. The van der Waals surface area contributed by atoms with Crippen molar-refractivity contribution >= 4 is 49.7 Å². The number of anilines is 3. The van der Waals surface area contributed by atoms with Crippen molar-refractivity contribution in [3.05, 3.63) is 206 Å². The minimum absolute atomic E-state index is 0.639. The number of hydrogen-bond acceptors (Lipinski definition) is 3. The lowest BCUT2D eigenvalue weighted by atomic mass is 9.98. The minimum Gasteiger partial charge on any atom is -0.435 e. The summed E-state index contributed by atoms with van der Waals surface area (Å²) in [6, 6.07) is 73.1. The topological polar surface area (TPSA) is 29.3 Å². The maximum Gasteiger partial charge on any atom is 0.227 e. The lowest BCUT2D eigenvalue weighted by Gasteiger charge is -2.26. The highest BCUT2D eigenvalue weighted by Crippen LogP contribution is 2.38. The predicted octanol–water partition coefficient (Wildman–Crippen LogP) is 14.3. The molecular formula is C51H34N2O. The van der Waals surface area contributed by atoms with Gasteiger partial charge in [-0.1, -0.05) is 140 Å². The van der Waals surface area contributed by atoms with E-state index >= 15 is 0 Å². The van der Waals surface area contributed by atoms with Gasteiger partial charge in [0.1, 0.15) is 5.52 Å². The van der Waals surface area contributed by atoms with Crippen LogP contribution in [-0.2, 0) is 0 Å². The maximum absolute atomic E-state index is 6.34. The Kier molecular flexibility index (Phi) is 7.81. The van der Waals surface area contributed by atoms with Crippen molar-refractivity contribution in [3.8, 4) is 44.8 Å². The molecular weight excluding hydrogens is 657 g/mol. The highest BCUT2D eigenvalue weighted by Gasteiger charge is 2.15. The van der Waals surface area contributed by atoms with Gasteiger partial charge >= 0.3 is 0 Å². The Labute approximate surface area is 314 Å². The van der Waals surface area contributed by atoms with E-state index < -0.39 is 0 Å². The zero-order valence-corrected chi connectivity index (χ0v) is 29.4. The van der Waals surface area contributed by atoms with Gasteiger partial charge in [0.15, 0.2) is 5.58 Å². The highest BCUT2D eigenvalue weighted by molar-refractivity contribution is 6.05. The van der Waals surface area contributed by atoms with Crippen LogP contribution < -0.4 is 4.90 Å². The summed E-state index contributed by atoms with van der Waals surface area (Å²) in [4.78, 5) is 7.10. The molecule has 0 aliphatic rings. The summed E-state index contributed by atoms with van der Waals surface area (Å²) in [6.07, 6.45) is 0. The van der Waals surface area contributed by atoms with Crippen molar-refractivity contribution in [3.63, 3.8) is 0 Å². The van der Waals surface area contributed by atoms with Crippen molar-refractivity contribution in [1.82, 2.24) is 4.98 Å². The first-order chi connectivity index (χ1) is 26.7. The van der Waals surface area contributed by atoms with E-state index in [9.17, 15) is 0 Å². The molecule has 0 saturated heterocycles. The van der Waals surface area contributed by atoms with Crippen molar-refractivity contribution in [2.45, 2.75) is 0 Å². The molecule has 0 amide bonds. The molecule has 1 aromatic heterocycles. The Morgan fingerprint density at radius 3 is 1.44 bits per heavy atom. The number of oxazole rings is 1. The molecule has 0 spiro atoms. The third-order valence-electron chi connectivity index (χ3n) is 10.3. The fourth-order valence-corrected chi connectivity index (χ4v) is 7.44. The van der Waals surface area contributed by atoms with Crippen LogP contribution >= 0.6 is 0 Å². The molecule has 1 heterocycles. The smallest absolute Gasteiger partial charge is 0.227 e. The second-order valence-corrected chi connectivity index (χ2v) is 13.6. The lowest BCUT2D eigenvalue weighted by molar-refractivity contribution is 0.623. The third-order valence-corrected chi connectivity index (χ3v) is 10.3. The van der Waals surface area contributed by atoms with Crippen LogP contribution in [-0.4, -0.2) is 4.98 Å². The summed E-state index contributed by atoms with van der Waals surface area (Å²) in [5.74, 6) is 0.639. The molecule has 3 nitrogen and oxygen atoms in total. The van der Waals surface area contributed by atoms with Gasteiger partial charge in [0, 0.05) is 28.0 Å². The van der Waals surface area contributed by atoms with E-state index in [0.717, 1.165) is 55.6 Å². The van der Waals surface area contributed by atoms with Crippen LogP contribution in [0.3, 0.4) is 0 Å². The van der Waals surface area contributed by atoms with Crippen molar-refractivity contribution < 1.29 is 4.42 Å². The Hall–Kier alpha value is -7.23. The summed E-state index contributed by atoms with van der Waals surface area (Å²) in [7, 11) is 0. The Bertz CT molecular complexity index is 2900. The van der Waals surface area contributed by atoms with Crippen LogP contribution in [0.2, 0.25) is 0 Å². The Balaban J connectivity index is 0.927. The standard InChI is InChI=1S/C51H34N2O/c1-3-10-41(11-4-1)51-52-49-32-27-40-20-22-44(34-48(40)50(49)54-51)38-17-15-36(16-18-38)37-23-28-46(29-24-37)53(45-13-5-2-6-14-45)47-30-25-39(26-31-47)43-21-19-35-9-7-8-12-42(35)33-43/h1-34H. The summed E-state index contributed by atoms with van der Waals surface area (Å²) in [5.41, 5.74) is 13.0. The minimum atomic E-state index is 0.639. The molecule has 10 aromatic rings. The molecule has 0 atom stereocenters. The summed E-state index contributed by atoms with van der Waals surface area (Å²) >= 11 is 0. The van der Waals surface area contributed by atoms with Gasteiger partial charge < -0.3 is 9.32 Å². The molecule has 0 unspecified atom stereocenters. The number of aromatic nitrogens is 1. The van der Waals surface area contributed by atoms with Crippen LogP contribution in [0.5, 0.6) is 0 Å². The molecule has 0 radical (unpaired) electrons. The van der Waals surface area contributed by atoms with E-state index in [1.807, 2.05) is 36.4 Å². The average molecular weight is 691 g/mol. The second kappa shape index (κ2) is 13.4. The lowest BCUT2D eigenvalue weighted by Crippen LogP contribution is -2.09. The number of benzene rings is 9. The Morgan fingerprint density at radius 2 is 0.796 bits per heavy atom. The van der Waals surface area contributed by atoms with Gasteiger partial charge in [0.25, 0.3) is 0 Å². The largest absolute Gasteiger partial charge is 0.435 e. The second-order valence-electron chi connectivity index (χ2n) is 13.6. The van der Waals surface area contributed by atoms with Crippen LogP contribution in [0.25, 0.3) is 77.5 Å². The zero-order valence-electron chi connectivity index (χ0n) is 29.4. The van der Waals surface area contributed by atoms with Crippen molar-refractivity contribution in [1.29, 1.82) is 0 Å². The number of rotatable bonds is 7.